The Kier molecular flexibility index (Phi) is 3.41. The first-order valence-electron chi connectivity index (χ1n) is 8.14. The molecule has 0 radical (unpaired) electrons. The van der Waals surface area contributed by atoms with Crippen molar-refractivity contribution in [3.05, 3.63) is 71.4 Å². The molecule has 1 aromatic heterocycles. The number of amides is 1. The van der Waals surface area contributed by atoms with Gasteiger partial charge in [-0.05, 0) is 30.5 Å². The molecule has 1 unspecified atom stereocenters. The average Bonchev–Trinajstić information content (AvgIpc) is 3.10. The van der Waals surface area contributed by atoms with E-state index in [-0.39, 0.29) is 11.9 Å². The van der Waals surface area contributed by atoms with Gasteiger partial charge >= 0.3 is 0 Å². The zero-order valence-corrected chi connectivity index (χ0v) is 13.3. The normalized spacial score (nSPS) is 18.0. The highest BCUT2D eigenvalue weighted by atomic mass is 16.2. The Balaban J connectivity index is 1.71. The molecule has 1 aliphatic rings. The van der Waals surface area contributed by atoms with Crippen LogP contribution in [0.2, 0.25) is 0 Å². The van der Waals surface area contributed by atoms with Crippen LogP contribution in [0.3, 0.4) is 0 Å². The summed E-state index contributed by atoms with van der Waals surface area (Å²) < 4.78 is 0. The highest BCUT2D eigenvalue weighted by molar-refractivity contribution is 5.85. The van der Waals surface area contributed by atoms with E-state index in [0.717, 1.165) is 11.9 Å². The zero-order chi connectivity index (χ0) is 15.8. The molecule has 116 valence electrons. The molecule has 0 bridgehead atoms. The molecule has 1 fully saturated rings. The number of nitrogens with zero attached hydrogens (tertiary/aromatic N) is 1. The van der Waals surface area contributed by atoms with Crippen molar-refractivity contribution in [2.45, 2.75) is 32.4 Å². The summed E-state index contributed by atoms with van der Waals surface area (Å²) in [6.07, 6.45) is 1.52. The van der Waals surface area contributed by atoms with Crippen LogP contribution in [-0.2, 0) is 11.3 Å². The van der Waals surface area contributed by atoms with Crippen LogP contribution in [0, 0.1) is 6.92 Å². The summed E-state index contributed by atoms with van der Waals surface area (Å²) >= 11 is 0. The Morgan fingerprint density at radius 3 is 2.61 bits per heavy atom. The van der Waals surface area contributed by atoms with E-state index in [1.165, 1.54) is 22.2 Å². The number of carbonyl (C=O) groups is 1. The van der Waals surface area contributed by atoms with Crippen LogP contribution in [0.4, 0.5) is 0 Å². The van der Waals surface area contributed by atoms with Gasteiger partial charge in [-0.25, -0.2) is 0 Å². The van der Waals surface area contributed by atoms with Crippen LogP contribution in [-0.4, -0.2) is 15.8 Å². The number of aromatic nitrogens is 1. The number of rotatable bonds is 3. The van der Waals surface area contributed by atoms with Crippen LogP contribution in [0.25, 0.3) is 10.9 Å². The Bertz CT molecular complexity index is 850. The van der Waals surface area contributed by atoms with E-state index in [1.54, 1.807) is 0 Å². The second-order valence-electron chi connectivity index (χ2n) is 6.27. The van der Waals surface area contributed by atoms with Crippen molar-refractivity contribution in [1.29, 1.82) is 0 Å². The molecule has 1 saturated heterocycles. The number of aryl methyl sites for hydroxylation is 1. The number of carbonyl (C=O) groups excluding carboxylic acids is 1. The number of aromatic amines is 1. The third kappa shape index (κ3) is 2.42. The van der Waals surface area contributed by atoms with Gasteiger partial charge in [-0.15, -0.1) is 0 Å². The van der Waals surface area contributed by atoms with Crippen LogP contribution >= 0.6 is 0 Å². The fourth-order valence-electron chi connectivity index (χ4n) is 3.65. The summed E-state index contributed by atoms with van der Waals surface area (Å²) in [7, 11) is 0. The maximum atomic E-state index is 12.4. The fraction of sp³-hybridized carbons (Fsp3) is 0.250. The number of H-pyrrole nitrogens is 1. The van der Waals surface area contributed by atoms with E-state index in [9.17, 15) is 4.79 Å². The summed E-state index contributed by atoms with van der Waals surface area (Å²) in [6, 6.07) is 18.7. The van der Waals surface area contributed by atoms with Gasteiger partial charge in [-0.1, -0.05) is 48.5 Å². The number of benzene rings is 2. The Morgan fingerprint density at radius 1 is 1.09 bits per heavy atom. The summed E-state index contributed by atoms with van der Waals surface area (Å²) in [4.78, 5) is 18.0. The van der Waals surface area contributed by atoms with Crippen molar-refractivity contribution in [2.75, 3.05) is 0 Å². The van der Waals surface area contributed by atoms with Gasteiger partial charge in [0, 0.05) is 29.6 Å². The van der Waals surface area contributed by atoms with Crippen LogP contribution in [0.15, 0.2) is 54.6 Å². The minimum absolute atomic E-state index is 0.148. The van der Waals surface area contributed by atoms with Gasteiger partial charge in [-0.2, -0.15) is 0 Å². The lowest BCUT2D eigenvalue weighted by Gasteiger charge is -2.25. The Labute approximate surface area is 135 Å². The molecule has 3 nitrogen and oxygen atoms in total. The molecule has 3 heteroatoms. The van der Waals surface area contributed by atoms with Gasteiger partial charge in [-0.3, -0.25) is 4.79 Å². The van der Waals surface area contributed by atoms with Crippen LogP contribution in [0.5, 0.6) is 0 Å². The quantitative estimate of drug-likeness (QED) is 0.767. The lowest BCUT2D eigenvalue weighted by atomic mass is 10.1. The maximum absolute atomic E-state index is 12.4. The van der Waals surface area contributed by atoms with E-state index < -0.39 is 0 Å². The predicted molar refractivity (Wildman–Crippen MR) is 92.0 cm³/mol. The Morgan fingerprint density at radius 2 is 1.83 bits per heavy atom. The standard InChI is InChI=1S/C20H20N2O/c1-14-16-9-5-6-10-17(16)21-20(14)18-11-12-19(23)22(18)13-15-7-3-2-4-8-15/h2-10,18,21H,11-13H2,1H3. The van der Waals surface area contributed by atoms with Crippen molar-refractivity contribution in [2.24, 2.45) is 0 Å². The van der Waals surface area contributed by atoms with Gasteiger partial charge < -0.3 is 9.88 Å². The molecule has 4 rings (SSSR count). The summed E-state index contributed by atoms with van der Waals surface area (Å²) in [5, 5.41) is 1.25. The smallest absolute Gasteiger partial charge is 0.223 e. The first-order chi connectivity index (χ1) is 11.2. The number of fused-ring (bicyclic) bond motifs is 1. The van der Waals surface area contributed by atoms with Gasteiger partial charge in [0.2, 0.25) is 5.91 Å². The molecule has 2 aromatic carbocycles. The minimum Gasteiger partial charge on any atom is -0.356 e. The Hall–Kier alpha value is -2.55. The lowest BCUT2D eigenvalue weighted by molar-refractivity contribution is -0.129. The lowest BCUT2D eigenvalue weighted by Crippen LogP contribution is -2.27. The molecule has 2 heterocycles. The topological polar surface area (TPSA) is 36.1 Å². The van der Waals surface area contributed by atoms with Gasteiger partial charge in [0.1, 0.15) is 0 Å². The molecule has 23 heavy (non-hydrogen) atoms. The largest absolute Gasteiger partial charge is 0.356 e. The summed E-state index contributed by atoms with van der Waals surface area (Å²) in [6.45, 7) is 2.83. The minimum atomic E-state index is 0.148. The molecule has 1 amide bonds. The number of hydrogen-bond donors (Lipinski definition) is 1. The summed E-state index contributed by atoms with van der Waals surface area (Å²) in [5.74, 6) is 0.247. The van der Waals surface area contributed by atoms with E-state index in [0.29, 0.717) is 13.0 Å². The number of nitrogens with one attached hydrogen (secondary N) is 1. The van der Waals surface area contributed by atoms with Crippen molar-refractivity contribution in [3.63, 3.8) is 0 Å². The van der Waals surface area contributed by atoms with E-state index in [1.807, 2.05) is 29.2 Å². The van der Waals surface area contributed by atoms with Gasteiger partial charge in [0.25, 0.3) is 0 Å². The van der Waals surface area contributed by atoms with Crippen LogP contribution in [0.1, 0.15) is 35.7 Å². The average molecular weight is 304 g/mol. The molecular weight excluding hydrogens is 284 g/mol. The van der Waals surface area contributed by atoms with Gasteiger partial charge in [0.05, 0.1) is 6.04 Å². The second-order valence-corrected chi connectivity index (χ2v) is 6.27. The zero-order valence-electron chi connectivity index (χ0n) is 13.3. The van der Waals surface area contributed by atoms with E-state index in [4.69, 9.17) is 0 Å². The molecule has 0 aliphatic carbocycles. The molecule has 1 aliphatic heterocycles. The number of hydrogen-bond acceptors (Lipinski definition) is 1. The van der Waals surface area contributed by atoms with Crippen molar-refractivity contribution < 1.29 is 4.79 Å². The maximum Gasteiger partial charge on any atom is 0.223 e. The van der Waals surface area contributed by atoms with E-state index in [2.05, 4.69) is 42.2 Å². The molecule has 3 aromatic rings. The van der Waals surface area contributed by atoms with Gasteiger partial charge in [0.15, 0.2) is 0 Å². The summed E-state index contributed by atoms with van der Waals surface area (Å²) in [5.41, 5.74) is 4.78. The second kappa shape index (κ2) is 5.58. The monoisotopic (exact) mass is 304 g/mol. The highest BCUT2D eigenvalue weighted by Crippen LogP contribution is 2.37. The first kappa shape index (κ1) is 14.1. The molecular formula is C20H20N2O. The van der Waals surface area contributed by atoms with Crippen molar-refractivity contribution in [3.8, 4) is 0 Å². The predicted octanol–water partition coefficient (Wildman–Crippen LogP) is 4.34. The molecule has 1 N–H and O–H groups in total. The van der Waals surface area contributed by atoms with E-state index >= 15 is 0 Å². The fourth-order valence-corrected chi connectivity index (χ4v) is 3.65. The SMILES string of the molecule is Cc1c(C2CCC(=O)N2Cc2ccccc2)[nH]c2ccccc12. The number of likely N-dealkylation sites (tertiary alicyclic amines) is 1. The number of para-hydroxylation sites is 1. The first-order valence-corrected chi connectivity index (χ1v) is 8.14. The molecule has 0 spiro atoms. The van der Waals surface area contributed by atoms with Crippen molar-refractivity contribution in [1.82, 2.24) is 9.88 Å². The third-order valence-corrected chi connectivity index (χ3v) is 4.86. The van der Waals surface area contributed by atoms with Crippen molar-refractivity contribution >= 4 is 16.8 Å². The molecule has 1 atom stereocenters. The van der Waals surface area contributed by atoms with Crippen LogP contribution < -0.4 is 0 Å². The molecule has 0 saturated carbocycles. The third-order valence-electron chi connectivity index (χ3n) is 4.86. The highest BCUT2D eigenvalue weighted by Gasteiger charge is 2.34.